The highest BCUT2D eigenvalue weighted by Crippen LogP contribution is 2.22. The molecule has 1 atom stereocenters. The number of furan rings is 1. The van der Waals surface area contributed by atoms with E-state index >= 15 is 0 Å². The zero-order valence-electron chi connectivity index (χ0n) is 10.5. The quantitative estimate of drug-likeness (QED) is 0.844. The monoisotopic (exact) mass is 263 g/mol. The fraction of sp³-hybridized carbons (Fsp3) is 0.333. The summed E-state index contributed by atoms with van der Waals surface area (Å²) in [6, 6.07) is 12.3. The standard InChI is InChI=1S/C15H18ClNO/c1-2-17-15(9-8-14-7-4-10-18-14)12-5-3-6-13(16)11-12/h3-7,10-11,15,17H,2,8-9H2,1H3. The van der Waals surface area contributed by atoms with Crippen molar-refractivity contribution in [3.05, 3.63) is 59.0 Å². The van der Waals surface area contributed by atoms with Crippen LogP contribution in [0.5, 0.6) is 0 Å². The summed E-state index contributed by atoms with van der Waals surface area (Å²) in [6.07, 6.45) is 3.65. The van der Waals surface area contributed by atoms with Crippen molar-refractivity contribution in [1.29, 1.82) is 0 Å². The van der Waals surface area contributed by atoms with E-state index in [0.29, 0.717) is 6.04 Å². The third-order valence-electron chi connectivity index (χ3n) is 2.96. The number of rotatable bonds is 6. The smallest absolute Gasteiger partial charge is 0.103 e. The van der Waals surface area contributed by atoms with Gasteiger partial charge in [-0.05, 0) is 42.8 Å². The first-order valence-corrected chi connectivity index (χ1v) is 6.68. The SMILES string of the molecule is CCNC(CCc1ccco1)c1cccc(Cl)c1. The van der Waals surface area contributed by atoms with Crippen molar-refractivity contribution in [3.8, 4) is 0 Å². The third-order valence-corrected chi connectivity index (χ3v) is 3.20. The fourth-order valence-electron chi connectivity index (χ4n) is 2.10. The number of halogens is 1. The van der Waals surface area contributed by atoms with Crippen LogP contribution in [0.1, 0.15) is 30.7 Å². The van der Waals surface area contributed by atoms with E-state index in [1.807, 2.05) is 30.3 Å². The highest BCUT2D eigenvalue weighted by atomic mass is 35.5. The molecular weight excluding hydrogens is 246 g/mol. The molecule has 2 aromatic rings. The molecule has 0 saturated heterocycles. The third kappa shape index (κ3) is 3.62. The predicted octanol–water partition coefficient (Wildman–Crippen LogP) is 4.22. The number of benzene rings is 1. The second-order valence-corrected chi connectivity index (χ2v) is 4.72. The normalized spacial score (nSPS) is 12.6. The van der Waals surface area contributed by atoms with Crippen molar-refractivity contribution in [1.82, 2.24) is 5.32 Å². The summed E-state index contributed by atoms with van der Waals surface area (Å²) >= 11 is 6.04. The minimum Gasteiger partial charge on any atom is -0.469 e. The Morgan fingerprint density at radius 3 is 2.83 bits per heavy atom. The number of hydrogen-bond donors (Lipinski definition) is 1. The first-order valence-electron chi connectivity index (χ1n) is 6.31. The van der Waals surface area contributed by atoms with Gasteiger partial charge in [-0.1, -0.05) is 30.7 Å². The van der Waals surface area contributed by atoms with Crippen LogP contribution in [0.4, 0.5) is 0 Å². The Labute approximate surface area is 113 Å². The lowest BCUT2D eigenvalue weighted by atomic mass is 10.0. The Morgan fingerprint density at radius 1 is 1.28 bits per heavy atom. The van der Waals surface area contributed by atoms with Crippen LogP contribution in [-0.4, -0.2) is 6.54 Å². The van der Waals surface area contributed by atoms with Gasteiger partial charge in [0.15, 0.2) is 0 Å². The van der Waals surface area contributed by atoms with E-state index in [0.717, 1.165) is 30.2 Å². The maximum Gasteiger partial charge on any atom is 0.103 e. The highest BCUT2D eigenvalue weighted by Gasteiger charge is 2.11. The average molecular weight is 264 g/mol. The molecule has 0 spiro atoms. The Hall–Kier alpha value is -1.25. The average Bonchev–Trinajstić information content (AvgIpc) is 2.87. The molecule has 0 aliphatic rings. The Kier molecular flexibility index (Phi) is 4.85. The fourth-order valence-corrected chi connectivity index (χ4v) is 2.30. The highest BCUT2D eigenvalue weighted by molar-refractivity contribution is 6.30. The van der Waals surface area contributed by atoms with Gasteiger partial charge in [-0.3, -0.25) is 0 Å². The van der Waals surface area contributed by atoms with E-state index < -0.39 is 0 Å². The van der Waals surface area contributed by atoms with Gasteiger partial charge in [0.25, 0.3) is 0 Å². The van der Waals surface area contributed by atoms with Gasteiger partial charge in [-0.15, -0.1) is 0 Å². The zero-order chi connectivity index (χ0) is 12.8. The molecule has 1 N–H and O–H groups in total. The molecule has 1 heterocycles. The molecular formula is C15H18ClNO. The van der Waals surface area contributed by atoms with Gasteiger partial charge in [0.05, 0.1) is 6.26 Å². The molecule has 3 heteroatoms. The van der Waals surface area contributed by atoms with Crippen molar-refractivity contribution in [2.24, 2.45) is 0 Å². The van der Waals surface area contributed by atoms with E-state index in [1.54, 1.807) is 6.26 Å². The molecule has 2 nitrogen and oxygen atoms in total. The minimum absolute atomic E-state index is 0.318. The van der Waals surface area contributed by atoms with Crippen molar-refractivity contribution in [2.45, 2.75) is 25.8 Å². The second kappa shape index (κ2) is 6.62. The van der Waals surface area contributed by atoms with Gasteiger partial charge < -0.3 is 9.73 Å². The lowest BCUT2D eigenvalue weighted by Gasteiger charge is -2.18. The molecule has 0 bridgehead atoms. The summed E-state index contributed by atoms with van der Waals surface area (Å²) in [7, 11) is 0. The van der Waals surface area contributed by atoms with Gasteiger partial charge in [-0.25, -0.2) is 0 Å². The molecule has 1 unspecified atom stereocenters. The van der Waals surface area contributed by atoms with Crippen molar-refractivity contribution >= 4 is 11.6 Å². The summed E-state index contributed by atoms with van der Waals surface area (Å²) in [6.45, 7) is 3.06. The number of aryl methyl sites for hydroxylation is 1. The van der Waals surface area contributed by atoms with E-state index in [4.69, 9.17) is 16.0 Å². The summed E-state index contributed by atoms with van der Waals surface area (Å²) in [5, 5.41) is 4.27. The van der Waals surface area contributed by atoms with Gasteiger partial charge in [0.1, 0.15) is 5.76 Å². The first-order chi connectivity index (χ1) is 8.79. The maximum atomic E-state index is 6.04. The molecule has 1 aromatic carbocycles. The Balaban J connectivity index is 2.03. The summed E-state index contributed by atoms with van der Waals surface area (Å²) < 4.78 is 5.37. The predicted molar refractivity (Wildman–Crippen MR) is 74.9 cm³/mol. The van der Waals surface area contributed by atoms with E-state index in [1.165, 1.54) is 5.56 Å². The first kappa shape index (κ1) is 13.2. The molecule has 0 aliphatic carbocycles. The molecule has 1 aromatic heterocycles. The van der Waals surface area contributed by atoms with Crippen molar-refractivity contribution in [2.75, 3.05) is 6.54 Å². The largest absolute Gasteiger partial charge is 0.469 e. The van der Waals surface area contributed by atoms with E-state index in [2.05, 4.69) is 18.3 Å². The molecule has 0 saturated carbocycles. The van der Waals surface area contributed by atoms with Crippen LogP contribution in [0.15, 0.2) is 47.1 Å². The minimum atomic E-state index is 0.318. The van der Waals surface area contributed by atoms with Gasteiger partial charge in [0.2, 0.25) is 0 Å². The molecule has 18 heavy (non-hydrogen) atoms. The van der Waals surface area contributed by atoms with E-state index in [9.17, 15) is 0 Å². The van der Waals surface area contributed by atoms with Crippen molar-refractivity contribution in [3.63, 3.8) is 0 Å². The summed E-state index contributed by atoms with van der Waals surface area (Å²) in [4.78, 5) is 0. The van der Waals surface area contributed by atoms with Crippen LogP contribution in [0, 0.1) is 0 Å². The Bertz CT molecular complexity index is 467. The van der Waals surface area contributed by atoms with Gasteiger partial charge >= 0.3 is 0 Å². The molecule has 0 radical (unpaired) electrons. The van der Waals surface area contributed by atoms with Crippen LogP contribution < -0.4 is 5.32 Å². The van der Waals surface area contributed by atoms with Crippen molar-refractivity contribution < 1.29 is 4.42 Å². The number of hydrogen-bond acceptors (Lipinski definition) is 2. The van der Waals surface area contributed by atoms with Crippen LogP contribution >= 0.6 is 11.6 Å². The molecule has 0 amide bonds. The maximum absolute atomic E-state index is 6.04. The Morgan fingerprint density at radius 2 is 2.17 bits per heavy atom. The summed E-state index contributed by atoms with van der Waals surface area (Å²) in [5.74, 6) is 1.03. The van der Waals surface area contributed by atoms with Gasteiger partial charge in [-0.2, -0.15) is 0 Å². The van der Waals surface area contributed by atoms with Crippen LogP contribution in [0.3, 0.4) is 0 Å². The van der Waals surface area contributed by atoms with E-state index in [-0.39, 0.29) is 0 Å². The molecule has 0 fully saturated rings. The summed E-state index contributed by atoms with van der Waals surface area (Å²) in [5.41, 5.74) is 1.23. The molecule has 0 aliphatic heterocycles. The zero-order valence-corrected chi connectivity index (χ0v) is 11.3. The lowest BCUT2D eigenvalue weighted by molar-refractivity contribution is 0.458. The van der Waals surface area contributed by atoms with Crippen LogP contribution in [-0.2, 0) is 6.42 Å². The molecule has 2 rings (SSSR count). The van der Waals surface area contributed by atoms with Crippen LogP contribution in [0.2, 0.25) is 5.02 Å². The lowest BCUT2D eigenvalue weighted by Crippen LogP contribution is -2.21. The van der Waals surface area contributed by atoms with Crippen LogP contribution in [0.25, 0.3) is 0 Å². The second-order valence-electron chi connectivity index (χ2n) is 4.28. The topological polar surface area (TPSA) is 25.2 Å². The van der Waals surface area contributed by atoms with Gasteiger partial charge in [0, 0.05) is 17.5 Å². The number of nitrogens with one attached hydrogen (secondary N) is 1. The molecule has 96 valence electrons.